The first kappa shape index (κ1) is 12.8. The molecule has 0 aliphatic carbocycles. The molecule has 0 atom stereocenters. The summed E-state index contributed by atoms with van der Waals surface area (Å²) in [7, 11) is 0. The monoisotopic (exact) mass is 278 g/mol. The highest BCUT2D eigenvalue weighted by atomic mass is 32.1. The van der Waals surface area contributed by atoms with Gasteiger partial charge in [0.25, 0.3) is 0 Å². The summed E-state index contributed by atoms with van der Waals surface area (Å²) in [6.07, 6.45) is 0. The Morgan fingerprint density at radius 1 is 1.00 bits per heavy atom. The Balaban J connectivity index is 2.03. The van der Waals surface area contributed by atoms with Gasteiger partial charge >= 0.3 is 0 Å². The number of rotatable bonds is 2. The second-order valence-corrected chi connectivity index (χ2v) is 5.06. The van der Waals surface area contributed by atoms with Crippen LogP contribution < -0.4 is 5.32 Å². The summed E-state index contributed by atoms with van der Waals surface area (Å²) in [5.74, 6) is 0. The zero-order chi connectivity index (χ0) is 13.9. The van der Waals surface area contributed by atoms with E-state index in [0.717, 1.165) is 27.8 Å². The topological polar surface area (TPSA) is 24.9 Å². The first-order chi connectivity index (χ1) is 9.74. The van der Waals surface area contributed by atoms with Crippen molar-refractivity contribution in [1.29, 1.82) is 0 Å². The van der Waals surface area contributed by atoms with Gasteiger partial charge in [-0.1, -0.05) is 54.7 Å². The fourth-order valence-electron chi connectivity index (χ4n) is 2.22. The van der Waals surface area contributed by atoms with Crippen LogP contribution in [0.3, 0.4) is 0 Å². The highest BCUT2D eigenvalue weighted by Gasteiger charge is 2.09. The highest BCUT2D eigenvalue weighted by Crippen LogP contribution is 2.20. The molecule has 1 N–H and O–H groups in total. The van der Waals surface area contributed by atoms with Crippen molar-refractivity contribution >= 4 is 33.7 Å². The molecule has 0 aliphatic heterocycles. The van der Waals surface area contributed by atoms with E-state index in [1.807, 2.05) is 49.4 Å². The molecular formula is C17H14N2S. The summed E-state index contributed by atoms with van der Waals surface area (Å²) >= 11 is 5.52. The minimum atomic E-state index is 0.649. The number of aryl methyl sites for hydroxylation is 1. The third-order valence-corrected chi connectivity index (χ3v) is 3.41. The van der Waals surface area contributed by atoms with Gasteiger partial charge in [0.2, 0.25) is 0 Å². The molecule has 0 fully saturated rings. The molecule has 2 nitrogen and oxygen atoms in total. The molecule has 1 heterocycles. The lowest BCUT2D eigenvalue weighted by atomic mass is 10.1. The lowest BCUT2D eigenvalue weighted by molar-refractivity contribution is 1.21. The number of anilines is 1. The molecule has 0 amide bonds. The maximum atomic E-state index is 5.52. The van der Waals surface area contributed by atoms with Crippen LogP contribution in [0, 0.1) is 6.92 Å². The van der Waals surface area contributed by atoms with Crippen LogP contribution in [-0.2, 0) is 0 Å². The molecular weight excluding hydrogens is 264 g/mol. The average Bonchev–Trinajstić information content (AvgIpc) is 2.47. The average molecular weight is 278 g/mol. The molecule has 98 valence electrons. The van der Waals surface area contributed by atoms with E-state index in [2.05, 4.69) is 28.5 Å². The summed E-state index contributed by atoms with van der Waals surface area (Å²) in [6.45, 7) is 1.99. The van der Waals surface area contributed by atoms with E-state index in [-0.39, 0.29) is 0 Å². The van der Waals surface area contributed by atoms with Gasteiger partial charge in [-0.3, -0.25) is 0 Å². The zero-order valence-corrected chi connectivity index (χ0v) is 11.9. The number of thiocarbonyl (C=S) groups is 1. The number of nitrogens with zero attached hydrogens (tertiary/aromatic N) is 1. The summed E-state index contributed by atoms with van der Waals surface area (Å²) in [5.41, 5.74) is 2.78. The molecule has 0 unspecified atom stereocenters. The third kappa shape index (κ3) is 2.53. The fraction of sp³-hybridized carbons (Fsp3) is 0.0588. The molecule has 3 rings (SSSR count). The lowest BCUT2D eigenvalue weighted by Gasteiger charge is -2.11. The van der Waals surface area contributed by atoms with Gasteiger partial charge in [-0.05, 0) is 30.5 Å². The quantitative estimate of drug-likeness (QED) is 0.706. The van der Waals surface area contributed by atoms with Crippen molar-refractivity contribution < 1.29 is 0 Å². The summed E-state index contributed by atoms with van der Waals surface area (Å²) in [6, 6.07) is 20.2. The molecule has 0 saturated carbocycles. The summed E-state index contributed by atoms with van der Waals surface area (Å²) < 4.78 is 0. The Morgan fingerprint density at radius 3 is 2.50 bits per heavy atom. The number of hydrogen-bond donors (Lipinski definition) is 1. The first-order valence-electron chi connectivity index (χ1n) is 6.47. The predicted octanol–water partition coefficient (Wildman–Crippen LogP) is 4.33. The van der Waals surface area contributed by atoms with E-state index in [1.165, 1.54) is 0 Å². The lowest BCUT2D eigenvalue weighted by Crippen LogP contribution is -2.13. The molecule has 0 aliphatic rings. The number of para-hydroxylation sites is 1. The molecule has 2 aromatic carbocycles. The van der Waals surface area contributed by atoms with E-state index in [0.29, 0.717) is 4.99 Å². The van der Waals surface area contributed by atoms with Gasteiger partial charge in [0.15, 0.2) is 0 Å². The van der Waals surface area contributed by atoms with Crippen molar-refractivity contribution in [2.45, 2.75) is 6.92 Å². The Labute approximate surface area is 123 Å². The summed E-state index contributed by atoms with van der Waals surface area (Å²) in [4.78, 5) is 5.24. The number of aromatic nitrogens is 1. The van der Waals surface area contributed by atoms with E-state index in [1.54, 1.807) is 0 Å². The van der Waals surface area contributed by atoms with E-state index >= 15 is 0 Å². The second-order valence-electron chi connectivity index (χ2n) is 4.65. The number of fused-ring (bicyclic) bond motifs is 1. The molecule has 1 aromatic heterocycles. The Kier molecular flexibility index (Phi) is 3.44. The van der Waals surface area contributed by atoms with Crippen molar-refractivity contribution in [1.82, 2.24) is 4.98 Å². The summed E-state index contributed by atoms with van der Waals surface area (Å²) in [5, 5.41) is 5.48. The largest absolute Gasteiger partial charge is 0.345 e. The molecule has 0 spiro atoms. The van der Waals surface area contributed by atoms with Crippen LogP contribution in [0.4, 0.5) is 5.69 Å². The number of hydrogen-bond acceptors (Lipinski definition) is 2. The van der Waals surface area contributed by atoms with Crippen LogP contribution in [0.2, 0.25) is 0 Å². The van der Waals surface area contributed by atoms with Gasteiger partial charge in [-0.15, -0.1) is 0 Å². The smallest absolute Gasteiger partial charge is 0.130 e. The maximum Gasteiger partial charge on any atom is 0.130 e. The van der Waals surface area contributed by atoms with E-state index in [9.17, 15) is 0 Å². The minimum absolute atomic E-state index is 0.649. The van der Waals surface area contributed by atoms with Crippen LogP contribution >= 0.6 is 12.2 Å². The minimum Gasteiger partial charge on any atom is -0.345 e. The molecule has 0 saturated heterocycles. The van der Waals surface area contributed by atoms with Crippen LogP contribution in [0.1, 0.15) is 11.4 Å². The molecule has 3 aromatic rings. The molecule has 0 radical (unpaired) electrons. The Hall–Kier alpha value is -2.26. The maximum absolute atomic E-state index is 5.52. The van der Waals surface area contributed by atoms with Crippen LogP contribution in [0.5, 0.6) is 0 Å². The number of nitrogens with one attached hydrogen (secondary N) is 1. The van der Waals surface area contributed by atoms with Crippen molar-refractivity contribution in [3.8, 4) is 0 Å². The molecule has 0 bridgehead atoms. The molecule has 20 heavy (non-hydrogen) atoms. The number of benzene rings is 2. The van der Waals surface area contributed by atoms with Gasteiger partial charge in [0, 0.05) is 16.8 Å². The normalized spacial score (nSPS) is 10.4. The zero-order valence-electron chi connectivity index (χ0n) is 11.1. The SMILES string of the molecule is Cc1cc2ccccc2c(C(=S)Nc2ccccc2)n1. The highest BCUT2D eigenvalue weighted by molar-refractivity contribution is 7.81. The Morgan fingerprint density at radius 2 is 1.70 bits per heavy atom. The van der Waals surface area contributed by atoms with Gasteiger partial charge < -0.3 is 5.32 Å². The van der Waals surface area contributed by atoms with Crippen molar-refractivity contribution in [2.24, 2.45) is 0 Å². The third-order valence-electron chi connectivity index (χ3n) is 3.12. The van der Waals surface area contributed by atoms with Gasteiger partial charge in [-0.2, -0.15) is 0 Å². The fourth-order valence-corrected chi connectivity index (χ4v) is 2.49. The van der Waals surface area contributed by atoms with Crippen molar-refractivity contribution in [2.75, 3.05) is 5.32 Å². The number of pyridine rings is 1. The van der Waals surface area contributed by atoms with E-state index in [4.69, 9.17) is 12.2 Å². The first-order valence-corrected chi connectivity index (χ1v) is 6.87. The predicted molar refractivity (Wildman–Crippen MR) is 88.2 cm³/mol. The van der Waals surface area contributed by atoms with Gasteiger partial charge in [0.05, 0.1) is 0 Å². The Bertz CT molecular complexity index is 766. The second kappa shape index (κ2) is 5.39. The standard InChI is InChI=1S/C17H14N2S/c1-12-11-13-7-5-6-10-15(13)16(18-12)17(20)19-14-8-3-2-4-9-14/h2-11H,1H3,(H,19,20). The van der Waals surface area contributed by atoms with Crippen LogP contribution in [0.25, 0.3) is 10.8 Å². The van der Waals surface area contributed by atoms with Crippen LogP contribution in [0.15, 0.2) is 60.7 Å². The van der Waals surface area contributed by atoms with E-state index < -0.39 is 0 Å². The van der Waals surface area contributed by atoms with Crippen molar-refractivity contribution in [3.05, 3.63) is 72.1 Å². The van der Waals surface area contributed by atoms with Crippen molar-refractivity contribution in [3.63, 3.8) is 0 Å². The van der Waals surface area contributed by atoms with Gasteiger partial charge in [0.1, 0.15) is 10.7 Å². The van der Waals surface area contributed by atoms with Crippen LogP contribution in [-0.4, -0.2) is 9.97 Å². The molecule has 3 heteroatoms. The van der Waals surface area contributed by atoms with Gasteiger partial charge in [-0.25, -0.2) is 4.98 Å².